The molecule has 0 saturated carbocycles. The first kappa shape index (κ1) is 23.5. The maximum absolute atomic E-state index is 12.7. The highest BCUT2D eigenvalue weighted by Crippen LogP contribution is 2.48. The fourth-order valence-electron chi connectivity index (χ4n) is 3.44. The van der Waals surface area contributed by atoms with Gasteiger partial charge in [-0.2, -0.15) is 0 Å². The van der Waals surface area contributed by atoms with Crippen molar-refractivity contribution in [2.24, 2.45) is 0 Å². The van der Waals surface area contributed by atoms with Gasteiger partial charge in [-0.1, -0.05) is 41.5 Å². The minimum Gasteiger partial charge on any atom is -0.507 e. The smallest absolute Gasteiger partial charge is 0.185 e. The summed E-state index contributed by atoms with van der Waals surface area (Å²) in [7, 11) is 1.60. The monoisotopic (exact) mass is 409 g/mol. The van der Waals surface area contributed by atoms with Crippen molar-refractivity contribution in [1.82, 2.24) is 0 Å². The highest BCUT2D eigenvalue weighted by Gasteiger charge is 2.33. The van der Waals surface area contributed by atoms with Gasteiger partial charge in [-0.3, -0.25) is 4.79 Å². The SMILES string of the molecule is CCC(C)(C)c1cc(/C=C/C(=O)c2ccc(N)cc2)c(OC)c(C(C)(C)CC)c1O. The van der Waals surface area contributed by atoms with E-state index in [1.807, 2.05) is 6.07 Å². The third-order valence-corrected chi connectivity index (χ3v) is 6.27. The molecule has 0 atom stereocenters. The van der Waals surface area contributed by atoms with Crippen LogP contribution in [0.3, 0.4) is 0 Å². The van der Waals surface area contributed by atoms with Gasteiger partial charge in [-0.05, 0) is 66.2 Å². The van der Waals surface area contributed by atoms with Crippen molar-refractivity contribution in [2.75, 3.05) is 12.8 Å². The molecule has 0 heterocycles. The van der Waals surface area contributed by atoms with Crippen LogP contribution in [0.5, 0.6) is 11.5 Å². The van der Waals surface area contributed by atoms with Crippen LogP contribution in [0.15, 0.2) is 36.4 Å². The Bertz CT molecular complexity index is 938. The second-order valence-electron chi connectivity index (χ2n) is 9.06. The molecule has 0 aliphatic carbocycles. The molecule has 2 aromatic carbocycles. The Kier molecular flexibility index (Phi) is 7.02. The van der Waals surface area contributed by atoms with Gasteiger partial charge in [0.05, 0.1) is 7.11 Å². The van der Waals surface area contributed by atoms with Gasteiger partial charge in [0.1, 0.15) is 11.5 Å². The number of hydrogen-bond donors (Lipinski definition) is 2. The fourth-order valence-corrected chi connectivity index (χ4v) is 3.44. The number of benzene rings is 2. The van der Waals surface area contributed by atoms with E-state index in [0.29, 0.717) is 17.0 Å². The molecule has 4 heteroatoms. The number of ether oxygens (including phenoxy) is 1. The predicted molar refractivity (Wildman–Crippen MR) is 126 cm³/mol. The Morgan fingerprint density at radius 2 is 1.63 bits per heavy atom. The minimum absolute atomic E-state index is 0.113. The van der Waals surface area contributed by atoms with E-state index in [9.17, 15) is 9.90 Å². The van der Waals surface area contributed by atoms with Crippen molar-refractivity contribution in [3.05, 3.63) is 58.7 Å². The molecule has 0 fully saturated rings. The molecule has 0 unspecified atom stereocenters. The third-order valence-electron chi connectivity index (χ3n) is 6.27. The molecule has 2 rings (SSSR count). The number of rotatable bonds is 8. The van der Waals surface area contributed by atoms with Crippen molar-refractivity contribution < 1.29 is 14.6 Å². The number of anilines is 1. The lowest BCUT2D eigenvalue weighted by Gasteiger charge is -2.32. The van der Waals surface area contributed by atoms with Crippen molar-refractivity contribution in [3.63, 3.8) is 0 Å². The fraction of sp³-hybridized carbons (Fsp3) is 0.423. The number of aromatic hydroxyl groups is 1. The summed E-state index contributed by atoms with van der Waals surface area (Å²) in [4.78, 5) is 12.7. The molecule has 0 bridgehead atoms. The maximum Gasteiger partial charge on any atom is 0.185 e. The van der Waals surface area contributed by atoms with Crippen LogP contribution in [0.2, 0.25) is 0 Å². The molecule has 30 heavy (non-hydrogen) atoms. The van der Waals surface area contributed by atoms with E-state index in [0.717, 1.165) is 29.5 Å². The standard InChI is InChI=1S/C26H35NO3/c1-8-25(3,4)20-16-18(12-15-21(28)17-10-13-19(27)14-11-17)24(30-7)22(23(20)29)26(5,6)9-2/h10-16,29H,8-9,27H2,1-7H3/b15-12+. The normalized spacial score (nSPS) is 12.4. The number of carbonyl (C=O) groups excluding carboxylic acids is 1. The molecule has 4 nitrogen and oxygen atoms in total. The number of allylic oxidation sites excluding steroid dienone is 1. The summed E-state index contributed by atoms with van der Waals surface area (Å²) >= 11 is 0. The molecule has 0 saturated heterocycles. The van der Waals surface area contributed by atoms with Gasteiger partial charge < -0.3 is 15.6 Å². The first-order valence-electron chi connectivity index (χ1n) is 10.5. The van der Waals surface area contributed by atoms with E-state index in [1.165, 1.54) is 0 Å². The van der Waals surface area contributed by atoms with Crippen LogP contribution in [0.1, 0.15) is 81.4 Å². The first-order valence-corrected chi connectivity index (χ1v) is 10.5. The number of nitrogen functional groups attached to an aromatic ring is 1. The number of phenols is 1. The van der Waals surface area contributed by atoms with E-state index < -0.39 is 0 Å². The van der Waals surface area contributed by atoms with Crippen LogP contribution in [-0.4, -0.2) is 18.0 Å². The van der Waals surface area contributed by atoms with Gasteiger partial charge in [-0.15, -0.1) is 0 Å². The Morgan fingerprint density at radius 1 is 1.07 bits per heavy atom. The first-order chi connectivity index (χ1) is 14.0. The largest absolute Gasteiger partial charge is 0.507 e. The van der Waals surface area contributed by atoms with E-state index in [-0.39, 0.29) is 22.4 Å². The summed E-state index contributed by atoms with van der Waals surface area (Å²) in [6.07, 6.45) is 5.03. The second-order valence-corrected chi connectivity index (χ2v) is 9.06. The summed E-state index contributed by atoms with van der Waals surface area (Å²) in [6.45, 7) is 12.6. The Labute approximate surface area is 180 Å². The van der Waals surface area contributed by atoms with E-state index in [4.69, 9.17) is 10.5 Å². The topological polar surface area (TPSA) is 72.6 Å². The number of ketones is 1. The van der Waals surface area contributed by atoms with Crippen molar-refractivity contribution >= 4 is 17.5 Å². The number of nitrogens with two attached hydrogens (primary N) is 1. The number of methoxy groups -OCH3 is 1. The summed E-state index contributed by atoms with van der Waals surface area (Å²) in [5, 5.41) is 11.3. The number of phenolic OH excluding ortho intramolecular Hbond substituents is 1. The number of hydrogen-bond acceptors (Lipinski definition) is 4. The second kappa shape index (κ2) is 8.95. The van der Waals surface area contributed by atoms with Gasteiger partial charge in [-0.25, -0.2) is 0 Å². The molecular weight excluding hydrogens is 374 g/mol. The van der Waals surface area contributed by atoms with Crippen molar-refractivity contribution in [3.8, 4) is 11.5 Å². The molecule has 162 valence electrons. The average Bonchev–Trinajstić information content (AvgIpc) is 2.72. The Balaban J connectivity index is 2.68. The molecule has 0 aliphatic heterocycles. The van der Waals surface area contributed by atoms with Crippen molar-refractivity contribution in [2.45, 2.75) is 65.2 Å². The highest BCUT2D eigenvalue weighted by atomic mass is 16.5. The third kappa shape index (κ3) is 4.69. The lowest BCUT2D eigenvalue weighted by molar-refractivity contribution is 0.104. The lowest BCUT2D eigenvalue weighted by atomic mass is 9.74. The highest BCUT2D eigenvalue weighted by molar-refractivity contribution is 6.07. The molecule has 0 radical (unpaired) electrons. The van der Waals surface area contributed by atoms with Crippen molar-refractivity contribution in [1.29, 1.82) is 0 Å². The van der Waals surface area contributed by atoms with Gasteiger partial charge in [0.15, 0.2) is 5.78 Å². The predicted octanol–water partition coefficient (Wildman–Crippen LogP) is 6.25. The molecule has 0 aromatic heterocycles. The molecule has 2 aromatic rings. The maximum atomic E-state index is 12.7. The zero-order valence-electron chi connectivity index (χ0n) is 19.3. The van der Waals surface area contributed by atoms with Crippen LogP contribution in [0.4, 0.5) is 5.69 Å². The van der Waals surface area contributed by atoms with Gasteiger partial charge in [0, 0.05) is 27.9 Å². The van der Waals surface area contributed by atoms with E-state index in [2.05, 4.69) is 41.5 Å². The van der Waals surface area contributed by atoms with Gasteiger partial charge in [0.25, 0.3) is 0 Å². The quantitative estimate of drug-likeness (QED) is 0.307. The average molecular weight is 410 g/mol. The summed E-state index contributed by atoms with van der Waals surface area (Å²) in [5.74, 6) is 0.779. The van der Waals surface area contributed by atoms with Crippen LogP contribution in [0, 0.1) is 0 Å². The van der Waals surface area contributed by atoms with Crippen LogP contribution in [0.25, 0.3) is 6.08 Å². The van der Waals surface area contributed by atoms with Gasteiger partial charge in [0.2, 0.25) is 0 Å². The Hall–Kier alpha value is -2.75. The summed E-state index contributed by atoms with van der Waals surface area (Å²) in [5.41, 5.74) is 8.82. The Morgan fingerprint density at radius 3 is 2.13 bits per heavy atom. The van der Waals surface area contributed by atoms with Gasteiger partial charge >= 0.3 is 0 Å². The zero-order valence-corrected chi connectivity index (χ0v) is 19.3. The number of carbonyl (C=O) groups is 1. The van der Waals surface area contributed by atoms with Crippen LogP contribution in [-0.2, 0) is 10.8 Å². The minimum atomic E-state index is -0.293. The molecule has 0 amide bonds. The molecular formula is C26H35NO3. The molecule has 3 N–H and O–H groups in total. The molecule has 0 spiro atoms. The van der Waals surface area contributed by atoms with E-state index >= 15 is 0 Å². The van der Waals surface area contributed by atoms with Crippen LogP contribution < -0.4 is 10.5 Å². The summed E-state index contributed by atoms with van der Waals surface area (Å²) in [6, 6.07) is 8.80. The van der Waals surface area contributed by atoms with E-state index in [1.54, 1.807) is 43.5 Å². The lowest BCUT2D eigenvalue weighted by Crippen LogP contribution is -2.22. The van der Waals surface area contributed by atoms with Crippen LogP contribution >= 0.6 is 0 Å². The zero-order chi connectivity index (χ0) is 22.7. The summed E-state index contributed by atoms with van der Waals surface area (Å²) < 4.78 is 5.76. The molecule has 0 aliphatic rings.